The molecule has 1 heterocycles. The van der Waals surface area contributed by atoms with E-state index < -0.39 is 5.97 Å². The summed E-state index contributed by atoms with van der Waals surface area (Å²) in [6, 6.07) is 13.3. The Morgan fingerprint density at radius 1 is 1.29 bits per heavy atom. The van der Waals surface area contributed by atoms with Crippen LogP contribution in [0.15, 0.2) is 42.6 Å². The van der Waals surface area contributed by atoms with Crippen molar-refractivity contribution < 1.29 is 9.90 Å². The highest BCUT2D eigenvalue weighted by Gasteiger charge is 2.11. The molecule has 2 rings (SSSR count). The predicted octanol–water partition coefficient (Wildman–Crippen LogP) is 2.50. The molecule has 0 saturated heterocycles. The van der Waals surface area contributed by atoms with Crippen molar-refractivity contribution >= 4 is 17.5 Å². The summed E-state index contributed by atoms with van der Waals surface area (Å²) < 4.78 is 0. The van der Waals surface area contributed by atoms with Gasteiger partial charge in [-0.25, -0.2) is 4.98 Å². The van der Waals surface area contributed by atoms with Gasteiger partial charge in [-0.3, -0.25) is 4.79 Å². The van der Waals surface area contributed by atoms with Gasteiger partial charge in [-0.2, -0.15) is 5.26 Å². The first-order chi connectivity index (χ1) is 11.5. The molecule has 24 heavy (non-hydrogen) atoms. The Kier molecular flexibility index (Phi) is 5.74. The van der Waals surface area contributed by atoms with Crippen LogP contribution in [0.2, 0.25) is 0 Å². The van der Waals surface area contributed by atoms with Crippen LogP contribution in [-0.4, -0.2) is 36.7 Å². The Bertz CT molecular complexity index is 735. The van der Waals surface area contributed by atoms with Crippen LogP contribution in [0, 0.1) is 11.3 Å². The van der Waals surface area contributed by atoms with Crippen LogP contribution in [0.4, 0.5) is 11.5 Å². The first kappa shape index (κ1) is 17.3. The van der Waals surface area contributed by atoms with E-state index in [1.54, 1.807) is 12.3 Å². The molecule has 0 aliphatic heterocycles. The van der Waals surface area contributed by atoms with E-state index in [0.29, 0.717) is 18.7 Å². The lowest BCUT2D eigenvalue weighted by atomic mass is 10.1. The number of carboxylic acids is 1. The molecule has 0 amide bonds. The highest BCUT2D eigenvalue weighted by molar-refractivity contribution is 5.67. The molecule has 1 aromatic heterocycles. The molecule has 1 aromatic carbocycles. The summed E-state index contributed by atoms with van der Waals surface area (Å²) in [6.45, 7) is 0.890. The van der Waals surface area contributed by atoms with E-state index in [9.17, 15) is 4.79 Å². The summed E-state index contributed by atoms with van der Waals surface area (Å²) in [5.74, 6) is -0.00735. The molecule has 6 nitrogen and oxygen atoms in total. The van der Waals surface area contributed by atoms with Gasteiger partial charge in [0.05, 0.1) is 29.9 Å². The molecule has 0 aliphatic carbocycles. The Labute approximate surface area is 141 Å². The van der Waals surface area contributed by atoms with Crippen LogP contribution >= 0.6 is 0 Å². The second kappa shape index (κ2) is 7.97. The van der Waals surface area contributed by atoms with E-state index in [1.807, 2.05) is 54.2 Å². The summed E-state index contributed by atoms with van der Waals surface area (Å²) in [7, 11) is 3.83. The topological polar surface area (TPSA) is 80.5 Å². The number of carbonyl (C=O) groups is 1. The Hall–Kier alpha value is -3.07. The van der Waals surface area contributed by atoms with E-state index in [2.05, 4.69) is 11.1 Å². The van der Waals surface area contributed by atoms with Gasteiger partial charge in [0.2, 0.25) is 0 Å². The minimum atomic E-state index is -0.844. The summed E-state index contributed by atoms with van der Waals surface area (Å²) in [5.41, 5.74) is 2.40. The SMILES string of the molecule is CN(C)c1ccc(N(CCC(=O)O)Cc2cccc(C#N)c2)cn1. The fourth-order valence-corrected chi connectivity index (χ4v) is 2.32. The zero-order chi connectivity index (χ0) is 17.5. The van der Waals surface area contributed by atoms with Gasteiger partial charge in [0.1, 0.15) is 5.82 Å². The van der Waals surface area contributed by atoms with Gasteiger partial charge in [-0.1, -0.05) is 12.1 Å². The standard InChI is InChI=1S/C18H20N4O2/c1-21(2)17-7-6-16(12-20-17)22(9-8-18(23)24)13-15-5-3-4-14(10-15)11-19/h3-7,10,12H,8-9,13H2,1-2H3,(H,23,24). The maximum absolute atomic E-state index is 10.9. The van der Waals surface area contributed by atoms with Crippen molar-refractivity contribution in [2.24, 2.45) is 0 Å². The highest BCUT2D eigenvalue weighted by atomic mass is 16.4. The van der Waals surface area contributed by atoms with Crippen molar-refractivity contribution in [2.75, 3.05) is 30.4 Å². The smallest absolute Gasteiger partial charge is 0.305 e. The molecule has 0 aliphatic rings. The molecule has 0 atom stereocenters. The lowest BCUT2D eigenvalue weighted by Crippen LogP contribution is -2.26. The van der Waals surface area contributed by atoms with Crippen molar-refractivity contribution in [1.29, 1.82) is 5.26 Å². The van der Waals surface area contributed by atoms with Gasteiger partial charge < -0.3 is 14.9 Å². The lowest BCUT2D eigenvalue weighted by Gasteiger charge is -2.24. The van der Waals surface area contributed by atoms with Crippen LogP contribution in [0.5, 0.6) is 0 Å². The maximum atomic E-state index is 10.9. The number of nitriles is 1. The number of rotatable bonds is 7. The average molecular weight is 324 g/mol. The summed E-state index contributed by atoms with van der Waals surface area (Å²) in [6.07, 6.45) is 1.78. The molecule has 124 valence electrons. The third-order valence-corrected chi connectivity index (χ3v) is 3.58. The van der Waals surface area contributed by atoms with Crippen LogP contribution in [0.3, 0.4) is 0 Å². The second-order valence-corrected chi connectivity index (χ2v) is 5.65. The molecule has 0 bridgehead atoms. The Balaban J connectivity index is 2.23. The highest BCUT2D eigenvalue weighted by Crippen LogP contribution is 2.20. The molecular weight excluding hydrogens is 304 g/mol. The molecule has 1 N–H and O–H groups in total. The Morgan fingerprint density at radius 2 is 2.08 bits per heavy atom. The van der Waals surface area contributed by atoms with Crippen LogP contribution < -0.4 is 9.80 Å². The van der Waals surface area contributed by atoms with Gasteiger partial charge >= 0.3 is 5.97 Å². The normalized spacial score (nSPS) is 10.0. The van der Waals surface area contributed by atoms with E-state index in [0.717, 1.165) is 17.1 Å². The molecule has 0 fully saturated rings. The Morgan fingerprint density at radius 3 is 2.67 bits per heavy atom. The van der Waals surface area contributed by atoms with E-state index >= 15 is 0 Å². The lowest BCUT2D eigenvalue weighted by molar-refractivity contribution is -0.136. The van der Waals surface area contributed by atoms with Crippen LogP contribution in [-0.2, 0) is 11.3 Å². The molecule has 0 radical (unpaired) electrons. The van der Waals surface area contributed by atoms with Gasteiger partial charge in [0, 0.05) is 27.2 Å². The van der Waals surface area contributed by atoms with Crippen LogP contribution in [0.1, 0.15) is 17.5 Å². The average Bonchev–Trinajstić information content (AvgIpc) is 2.58. The van der Waals surface area contributed by atoms with E-state index in [-0.39, 0.29) is 6.42 Å². The zero-order valence-corrected chi connectivity index (χ0v) is 13.8. The van der Waals surface area contributed by atoms with Crippen LogP contribution in [0.25, 0.3) is 0 Å². The minimum Gasteiger partial charge on any atom is -0.481 e. The molecule has 0 saturated carbocycles. The number of benzene rings is 1. The van der Waals surface area contributed by atoms with Crippen molar-refractivity contribution in [3.8, 4) is 6.07 Å². The maximum Gasteiger partial charge on any atom is 0.305 e. The fraction of sp³-hybridized carbons (Fsp3) is 0.278. The quantitative estimate of drug-likeness (QED) is 0.843. The molecule has 2 aromatic rings. The minimum absolute atomic E-state index is 0.0351. The molecule has 6 heteroatoms. The number of hydrogen-bond acceptors (Lipinski definition) is 5. The number of aromatic nitrogens is 1. The number of aliphatic carboxylic acids is 1. The third-order valence-electron chi connectivity index (χ3n) is 3.58. The van der Waals surface area contributed by atoms with Crippen molar-refractivity contribution in [3.63, 3.8) is 0 Å². The van der Waals surface area contributed by atoms with Gasteiger partial charge in [0.15, 0.2) is 0 Å². The van der Waals surface area contributed by atoms with Gasteiger partial charge in [-0.15, -0.1) is 0 Å². The number of hydrogen-bond donors (Lipinski definition) is 1. The van der Waals surface area contributed by atoms with Crippen molar-refractivity contribution in [2.45, 2.75) is 13.0 Å². The summed E-state index contributed by atoms with van der Waals surface area (Å²) in [5, 5.41) is 18.0. The molecule has 0 unspecified atom stereocenters. The monoisotopic (exact) mass is 324 g/mol. The van der Waals surface area contributed by atoms with Crippen molar-refractivity contribution in [3.05, 3.63) is 53.7 Å². The van der Waals surface area contributed by atoms with Gasteiger partial charge in [-0.05, 0) is 29.8 Å². The zero-order valence-electron chi connectivity index (χ0n) is 13.8. The number of anilines is 2. The van der Waals surface area contributed by atoms with Crippen molar-refractivity contribution in [1.82, 2.24) is 4.98 Å². The van der Waals surface area contributed by atoms with E-state index in [1.165, 1.54) is 0 Å². The number of pyridine rings is 1. The van der Waals surface area contributed by atoms with Gasteiger partial charge in [0.25, 0.3) is 0 Å². The first-order valence-corrected chi connectivity index (χ1v) is 7.59. The van der Waals surface area contributed by atoms with E-state index in [4.69, 9.17) is 10.4 Å². The summed E-state index contributed by atoms with van der Waals surface area (Å²) >= 11 is 0. The third kappa shape index (κ3) is 4.71. The number of carboxylic acid groups (broad SMARTS) is 1. The molecule has 0 spiro atoms. The largest absolute Gasteiger partial charge is 0.481 e. The summed E-state index contributed by atoms with van der Waals surface area (Å²) in [4.78, 5) is 19.2. The predicted molar refractivity (Wildman–Crippen MR) is 93.0 cm³/mol. The number of nitrogens with zero attached hydrogens (tertiary/aromatic N) is 4. The molecular formula is C18H20N4O2. The second-order valence-electron chi connectivity index (χ2n) is 5.65. The fourth-order valence-electron chi connectivity index (χ4n) is 2.32. The first-order valence-electron chi connectivity index (χ1n) is 7.59.